The van der Waals surface area contributed by atoms with E-state index in [2.05, 4.69) is 0 Å². The maximum atomic E-state index is 11.7. The average molecular weight is 228 g/mol. The van der Waals surface area contributed by atoms with Gasteiger partial charge in [-0.05, 0) is 45.0 Å². The van der Waals surface area contributed by atoms with Crippen molar-refractivity contribution < 1.29 is 13.1 Å². The molecular formula is C11H16O3S. The standard InChI is InChI=1S/C11H16O3S/c1-11(2,3)14-15(12)10-7-5-9(13-4)6-8-10/h5-8H,1-4H3. The molecule has 0 aliphatic rings. The van der Waals surface area contributed by atoms with E-state index in [1.54, 1.807) is 31.4 Å². The molecule has 1 unspecified atom stereocenters. The molecule has 84 valence electrons. The number of hydrogen-bond donors (Lipinski definition) is 0. The molecule has 0 saturated carbocycles. The van der Waals surface area contributed by atoms with Crippen LogP contribution in [0.5, 0.6) is 5.75 Å². The average Bonchev–Trinajstić information content (AvgIpc) is 2.15. The van der Waals surface area contributed by atoms with Gasteiger partial charge in [0.1, 0.15) is 5.75 Å². The van der Waals surface area contributed by atoms with E-state index in [-0.39, 0.29) is 0 Å². The lowest BCUT2D eigenvalue weighted by Crippen LogP contribution is -2.20. The van der Waals surface area contributed by atoms with Gasteiger partial charge in [-0.25, -0.2) is 4.21 Å². The molecule has 1 atom stereocenters. The van der Waals surface area contributed by atoms with Crippen LogP contribution in [0, 0.1) is 0 Å². The van der Waals surface area contributed by atoms with Crippen molar-refractivity contribution >= 4 is 11.1 Å². The van der Waals surface area contributed by atoms with Crippen molar-refractivity contribution in [3.05, 3.63) is 24.3 Å². The summed E-state index contributed by atoms with van der Waals surface area (Å²) in [6.45, 7) is 5.61. The normalized spacial score (nSPS) is 13.6. The molecule has 0 fully saturated rings. The van der Waals surface area contributed by atoms with E-state index in [9.17, 15) is 4.21 Å². The molecule has 0 aromatic heterocycles. The van der Waals surface area contributed by atoms with E-state index in [0.717, 1.165) is 5.75 Å². The Morgan fingerprint density at radius 3 is 2.07 bits per heavy atom. The highest BCUT2D eigenvalue weighted by Crippen LogP contribution is 2.18. The number of rotatable bonds is 3. The zero-order chi connectivity index (χ0) is 11.5. The van der Waals surface area contributed by atoms with Crippen LogP contribution < -0.4 is 4.74 Å². The fraction of sp³-hybridized carbons (Fsp3) is 0.455. The Morgan fingerprint density at radius 1 is 1.13 bits per heavy atom. The Balaban J connectivity index is 2.75. The van der Waals surface area contributed by atoms with Gasteiger partial charge in [-0.2, -0.15) is 0 Å². The molecule has 0 radical (unpaired) electrons. The van der Waals surface area contributed by atoms with Gasteiger partial charge in [0, 0.05) is 0 Å². The number of ether oxygens (including phenoxy) is 1. The van der Waals surface area contributed by atoms with Crippen LogP contribution in [0.1, 0.15) is 20.8 Å². The third kappa shape index (κ3) is 4.01. The Bertz CT molecular complexity index is 338. The van der Waals surface area contributed by atoms with Gasteiger partial charge < -0.3 is 4.74 Å². The van der Waals surface area contributed by atoms with Gasteiger partial charge in [0.2, 0.25) is 0 Å². The first-order valence-corrected chi connectivity index (χ1v) is 5.75. The molecule has 0 amide bonds. The second-order valence-corrected chi connectivity index (χ2v) is 5.21. The molecule has 0 saturated heterocycles. The van der Waals surface area contributed by atoms with Gasteiger partial charge in [-0.15, -0.1) is 0 Å². The van der Waals surface area contributed by atoms with Crippen LogP contribution in [0.3, 0.4) is 0 Å². The van der Waals surface area contributed by atoms with Gasteiger partial charge in [0.25, 0.3) is 0 Å². The molecule has 0 N–H and O–H groups in total. The zero-order valence-electron chi connectivity index (χ0n) is 9.44. The maximum absolute atomic E-state index is 11.7. The molecule has 3 nitrogen and oxygen atoms in total. The van der Waals surface area contributed by atoms with Gasteiger partial charge in [0.05, 0.1) is 17.6 Å². The van der Waals surface area contributed by atoms with E-state index < -0.39 is 16.7 Å². The predicted octanol–water partition coefficient (Wildman–Crippen LogP) is 2.53. The third-order valence-corrected chi connectivity index (χ3v) is 2.89. The smallest absolute Gasteiger partial charge is 0.189 e. The first-order valence-electron chi connectivity index (χ1n) is 4.68. The van der Waals surface area contributed by atoms with Crippen molar-refractivity contribution in [2.75, 3.05) is 7.11 Å². The summed E-state index contributed by atoms with van der Waals surface area (Å²) < 4.78 is 22.0. The Morgan fingerprint density at radius 2 is 1.67 bits per heavy atom. The predicted molar refractivity (Wildman–Crippen MR) is 60.2 cm³/mol. The van der Waals surface area contributed by atoms with E-state index in [4.69, 9.17) is 8.92 Å². The number of hydrogen-bond acceptors (Lipinski definition) is 3. The van der Waals surface area contributed by atoms with Gasteiger partial charge in [-0.3, -0.25) is 4.18 Å². The molecule has 0 bridgehead atoms. The van der Waals surface area contributed by atoms with Crippen LogP contribution in [0.15, 0.2) is 29.2 Å². The number of methoxy groups -OCH3 is 1. The molecule has 0 spiro atoms. The van der Waals surface area contributed by atoms with Gasteiger partial charge >= 0.3 is 0 Å². The quantitative estimate of drug-likeness (QED) is 0.797. The van der Waals surface area contributed by atoms with Crippen molar-refractivity contribution in [2.24, 2.45) is 0 Å². The Hall–Kier alpha value is -0.870. The lowest BCUT2D eigenvalue weighted by Gasteiger charge is -2.17. The fourth-order valence-electron chi connectivity index (χ4n) is 0.962. The second-order valence-electron chi connectivity index (χ2n) is 4.11. The van der Waals surface area contributed by atoms with Crippen LogP contribution in [0.4, 0.5) is 0 Å². The summed E-state index contributed by atoms with van der Waals surface area (Å²) in [5.74, 6) is 0.742. The van der Waals surface area contributed by atoms with Gasteiger partial charge in [-0.1, -0.05) is 0 Å². The molecule has 0 aliphatic carbocycles. The van der Waals surface area contributed by atoms with Crippen LogP contribution >= 0.6 is 0 Å². The highest BCUT2D eigenvalue weighted by molar-refractivity contribution is 7.80. The minimum atomic E-state index is -1.42. The summed E-state index contributed by atoms with van der Waals surface area (Å²) in [6.07, 6.45) is 0. The summed E-state index contributed by atoms with van der Waals surface area (Å²) in [7, 11) is 1.59. The van der Waals surface area contributed by atoms with Crippen molar-refractivity contribution in [2.45, 2.75) is 31.3 Å². The van der Waals surface area contributed by atoms with Gasteiger partial charge in [0.15, 0.2) is 11.1 Å². The molecule has 15 heavy (non-hydrogen) atoms. The fourth-order valence-corrected chi connectivity index (χ4v) is 1.87. The van der Waals surface area contributed by atoms with E-state index in [1.807, 2.05) is 20.8 Å². The van der Waals surface area contributed by atoms with Crippen molar-refractivity contribution in [1.29, 1.82) is 0 Å². The molecule has 0 aliphatic heterocycles. The first-order chi connectivity index (χ1) is 6.92. The lowest BCUT2D eigenvalue weighted by atomic mass is 10.2. The molecule has 1 aromatic rings. The minimum absolute atomic E-state index is 0.412. The molecular weight excluding hydrogens is 212 g/mol. The van der Waals surface area contributed by atoms with Crippen LogP contribution in [0.2, 0.25) is 0 Å². The van der Waals surface area contributed by atoms with Crippen LogP contribution in [0.25, 0.3) is 0 Å². The highest BCUT2D eigenvalue weighted by atomic mass is 32.2. The summed E-state index contributed by atoms with van der Waals surface area (Å²) in [6, 6.07) is 7.00. The zero-order valence-corrected chi connectivity index (χ0v) is 10.3. The third-order valence-electron chi connectivity index (χ3n) is 1.58. The molecule has 0 heterocycles. The van der Waals surface area contributed by atoms with Crippen LogP contribution in [-0.2, 0) is 15.3 Å². The lowest BCUT2D eigenvalue weighted by molar-refractivity contribution is 0.152. The summed E-state index contributed by atoms with van der Waals surface area (Å²) >= 11 is -1.42. The van der Waals surface area contributed by atoms with Crippen molar-refractivity contribution in [3.8, 4) is 5.75 Å². The summed E-state index contributed by atoms with van der Waals surface area (Å²) in [4.78, 5) is 0.644. The SMILES string of the molecule is COc1ccc(S(=O)OC(C)(C)C)cc1. The largest absolute Gasteiger partial charge is 0.497 e. The molecule has 1 rings (SSSR count). The van der Waals surface area contributed by atoms with Crippen molar-refractivity contribution in [3.63, 3.8) is 0 Å². The topological polar surface area (TPSA) is 35.5 Å². The van der Waals surface area contributed by atoms with Crippen molar-refractivity contribution in [1.82, 2.24) is 0 Å². The number of benzene rings is 1. The van der Waals surface area contributed by atoms with E-state index in [1.165, 1.54) is 0 Å². The summed E-state index contributed by atoms with van der Waals surface area (Å²) in [5, 5.41) is 0. The molecule has 1 aromatic carbocycles. The maximum Gasteiger partial charge on any atom is 0.189 e. The van der Waals surface area contributed by atoms with E-state index >= 15 is 0 Å². The first kappa shape index (κ1) is 12.2. The minimum Gasteiger partial charge on any atom is -0.497 e. The Kier molecular flexibility index (Phi) is 3.88. The Labute approximate surface area is 93.1 Å². The monoisotopic (exact) mass is 228 g/mol. The second kappa shape index (κ2) is 4.77. The van der Waals surface area contributed by atoms with Crippen LogP contribution in [-0.4, -0.2) is 16.9 Å². The summed E-state index contributed by atoms with van der Waals surface area (Å²) in [5.41, 5.74) is -0.412. The highest BCUT2D eigenvalue weighted by Gasteiger charge is 2.16. The van der Waals surface area contributed by atoms with E-state index in [0.29, 0.717) is 4.90 Å². The molecule has 4 heteroatoms.